The molecule has 0 saturated heterocycles. The third-order valence-corrected chi connectivity index (χ3v) is 4.61. The molecule has 0 aromatic rings. The molecule has 0 aliphatic heterocycles. The van der Waals surface area contributed by atoms with Crippen molar-refractivity contribution in [2.24, 2.45) is 17.1 Å². The van der Waals surface area contributed by atoms with E-state index >= 15 is 0 Å². The number of likely N-dealkylation sites (N-methyl/N-ethyl adjacent to an activating group) is 1. The Labute approximate surface area is 130 Å². The minimum absolute atomic E-state index is 0.194. The van der Waals surface area contributed by atoms with Crippen molar-refractivity contribution in [2.45, 2.75) is 64.8 Å². The second-order valence-electron chi connectivity index (χ2n) is 7.46. The topological polar surface area (TPSA) is 58.4 Å². The van der Waals surface area contributed by atoms with Gasteiger partial charge in [-0.1, -0.05) is 39.5 Å². The van der Waals surface area contributed by atoms with E-state index in [1.807, 2.05) is 0 Å². The van der Waals surface area contributed by atoms with Crippen molar-refractivity contribution in [3.05, 3.63) is 0 Å². The fourth-order valence-corrected chi connectivity index (χ4v) is 3.46. The highest BCUT2D eigenvalue weighted by Crippen LogP contribution is 2.34. The second kappa shape index (κ2) is 8.74. The molecular weight excluding hydrogens is 262 g/mol. The minimum Gasteiger partial charge on any atom is -0.352 e. The number of nitrogens with zero attached hydrogens (tertiary/aromatic N) is 1. The van der Waals surface area contributed by atoms with Crippen LogP contribution in [0, 0.1) is 11.3 Å². The van der Waals surface area contributed by atoms with Crippen molar-refractivity contribution in [3.63, 3.8) is 0 Å². The molecule has 1 aliphatic rings. The first-order valence-electron chi connectivity index (χ1n) is 8.55. The summed E-state index contributed by atoms with van der Waals surface area (Å²) in [5, 5.41) is 3.31. The number of rotatable bonds is 7. The summed E-state index contributed by atoms with van der Waals surface area (Å²) in [5.74, 6) is 0.776. The first-order chi connectivity index (χ1) is 9.89. The fourth-order valence-electron chi connectivity index (χ4n) is 3.46. The Morgan fingerprint density at radius 1 is 1.19 bits per heavy atom. The maximum atomic E-state index is 12.9. The molecule has 0 bridgehead atoms. The van der Waals surface area contributed by atoms with Crippen LogP contribution in [-0.2, 0) is 4.79 Å². The summed E-state index contributed by atoms with van der Waals surface area (Å²) in [5.41, 5.74) is 5.69. The lowest BCUT2D eigenvalue weighted by Gasteiger charge is -2.33. The average molecular weight is 297 g/mol. The zero-order chi connectivity index (χ0) is 15.9. The molecule has 4 heteroatoms. The first-order valence-corrected chi connectivity index (χ1v) is 8.55. The van der Waals surface area contributed by atoms with Gasteiger partial charge in [0.1, 0.15) is 0 Å². The van der Waals surface area contributed by atoms with Gasteiger partial charge in [0.2, 0.25) is 5.91 Å². The molecule has 1 fully saturated rings. The van der Waals surface area contributed by atoms with Crippen LogP contribution in [0.2, 0.25) is 0 Å². The van der Waals surface area contributed by atoms with Gasteiger partial charge in [-0.25, -0.2) is 0 Å². The number of hydrogen-bond acceptors (Lipinski definition) is 3. The van der Waals surface area contributed by atoms with Crippen molar-refractivity contribution in [3.8, 4) is 0 Å². The third-order valence-electron chi connectivity index (χ3n) is 4.61. The predicted octanol–water partition coefficient (Wildman–Crippen LogP) is 2.38. The van der Waals surface area contributed by atoms with Crippen LogP contribution in [-0.4, -0.2) is 44.0 Å². The highest BCUT2D eigenvalue weighted by molar-refractivity contribution is 5.83. The van der Waals surface area contributed by atoms with E-state index < -0.39 is 0 Å². The van der Waals surface area contributed by atoms with E-state index in [2.05, 4.69) is 38.2 Å². The number of nitrogens with two attached hydrogens (primary N) is 1. The largest absolute Gasteiger partial charge is 0.352 e. The summed E-state index contributed by atoms with van der Waals surface area (Å²) < 4.78 is 0. The molecule has 1 saturated carbocycles. The molecule has 0 heterocycles. The molecule has 21 heavy (non-hydrogen) atoms. The Morgan fingerprint density at radius 2 is 1.76 bits per heavy atom. The van der Waals surface area contributed by atoms with Crippen LogP contribution in [0.4, 0.5) is 0 Å². The predicted molar refractivity (Wildman–Crippen MR) is 89.1 cm³/mol. The number of nitrogens with one attached hydrogen (secondary N) is 1. The molecule has 0 spiro atoms. The molecule has 1 atom stereocenters. The molecule has 1 rings (SSSR count). The number of carbonyl (C=O) groups excluding carboxylic acids is 1. The normalized spacial score (nSPS) is 20.3. The van der Waals surface area contributed by atoms with E-state index in [9.17, 15) is 4.79 Å². The standard InChI is InChI=1S/C17H35N3O/c1-14(2)11-15(12-20(3)4)19-16(21)17(13-18)9-7-5-6-8-10-17/h14-15H,5-13,18H2,1-4H3,(H,19,21). The van der Waals surface area contributed by atoms with Gasteiger partial charge in [0.05, 0.1) is 5.41 Å². The number of hydrogen-bond donors (Lipinski definition) is 2. The Kier molecular flexibility index (Phi) is 7.67. The van der Waals surface area contributed by atoms with Crippen LogP contribution in [0.1, 0.15) is 58.8 Å². The van der Waals surface area contributed by atoms with Crippen LogP contribution in [0.5, 0.6) is 0 Å². The van der Waals surface area contributed by atoms with Crippen molar-refractivity contribution in [1.82, 2.24) is 10.2 Å². The van der Waals surface area contributed by atoms with E-state index in [1.54, 1.807) is 0 Å². The summed E-state index contributed by atoms with van der Waals surface area (Å²) in [7, 11) is 4.12. The zero-order valence-electron chi connectivity index (χ0n) is 14.5. The lowest BCUT2D eigenvalue weighted by Crippen LogP contribution is -2.51. The van der Waals surface area contributed by atoms with Crippen molar-refractivity contribution in [1.29, 1.82) is 0 Å². The van der Waals surface area contributed by atoms with Crippen LogP contribution in [0.15, 0.2) is 0 Å². The van der Waals surface area contributed by atoms with Crippen molar-refractivity contribution >= 4 is 5.91 Å². The van der Waals surface area contributed by atoms with Crippen LogP contribution in [0.3, 0.4) is 0 Å². The second-order valence-corrected chi connectivity index (χ2v) is 7.46. The summed E-state index contributed by atoms with van der Waals surface area (Å²) in [6.07, 6.45) is 7.66. The lowest BCUT2D eigenvalue weighted by molar-refractivity contribution is -0.132. The van der Waals surface area contributed by atoms with E-state index in [0.717, 1.165) is 38.6 Å². The van der Waals surface area contributed by atoms with Gasteiger partial charge in [0, 0.05) is 19.1 Å². The van der Waals surface area contributed by atoms with Gasteiger partial charge in [0.25, 0.3) is 0 Å². The molecule has 1 unspecified atom stereocenters. The Morgan fingerprint density at radius 3 is 2.19 bits per heavy atom. The molecular formula is C17H35N3O. The summed E-state index contributed by atoms with van der Waals surface area (Å²) in [6, 6.07) is 0.221. The van der Waals surface area contributed by atoms with Gasteiger partial charge < -0.3 is 16.0 Å². The van der Waals surface area contributed by atoms with Crippen molar-refractivity contribution in [2.75, 3.05) is 27.2 Å². The smallest absolute Gasteiger partial charge is 0.227 e. The number of amides is 1. The Balaban J connectivity index is 2.72. The van der Waals surface area contributed by atoms with Crippen molar-refractivity contribution < 1.29 is 4.79 Å². The van der Waals surface area contributed by atoms with Gasteiger partial charge in [-0.05, 0) is 39.3 Å². The van der Waals surface area contributed by atoms with E-state index in [-0.39, 0.29) is 17.4 Å². The molecule has 124 valence electrons. The van der Waals surface area contributed by atoms with Crippen LogP contribution in [0.25, 0.3) is 0 Å². The van der Waals surface area contributed by atoms with Gasteiger partial charge in [-0.2, -0.15) is 0 Å². The summed E-state index contributed by atoms with van der Waals surface area (Å²) in [4.78, 5) is 15.0. The highest BCUT2D eigenvalue weighted by Gasteiger charge is 2.38. The van der Waals surface area contributed by atoms with Gasteiger partial charge in [0.15, 0.2) is 0 Å². The molecule has 4 nitrogen and oxygen atoms in total. The third kappa shape index (κ3) is 5.95. The quantitative estimate of drug-likeness (QED) is 0.709. The van der Waals surface area contributed by atoms with E-state index in [4.69, 9.17) is 5.73 Å². The first kappa shape index (κ1) is 18.4. The Hall–Kier alpha value is -0.610. The zero-order valence-corrected chi connectivity index (χ0v) is 14.5. The average Bonchev–Trinajstić information content (AvgIpc) is 2.63. The monoisotopic (exact) mass is 297 g/mol. The fraction of sp³-hybridized carbons (Fsp3) is 0.941. The maximum Gasteiger partial charge on any atom is 0.227 e. The molecule has 1 aliphatic carbocycles. The van der Waals surface area contributed by atoms with Crippen LogP contribution >= 0.6 is 0 Å². The molecule has 3 N–H and O–H groups in total. The van der Waals surface area contributed by atoms with Gasteiger partial charge >= 0.3 is 0 Å². The Bertz CT molecular complexity index is 297. The van der Waals surface area contributed by atoms with E-state index in [1.165, 1.54) is 12.8 Å². The molecule has 0 aromatic heterocycles. The number of carbonyl (C=O) groups is 1. The van der Waals surface area contributed by atoms with Crippen LogP contribution < -0.4 is 11.1 Å². The highest BCUT2D eigenvalue weighted by atomic mass is 16.2. The minimum atomic E-state index is -0.321. The molecule has 0 aromatic carbocycles. The van der Waals surface area contributed by atoms with E-state index in [0.29, 0.717) is 12.5 Å². The maximum absolute atomic E-state index is 12.9. The molecule has 1 amide bonds. The van der Waals surface area contributed by atoms with Gasteiger partial charge in [-0.3, -0.25) is 4.79 Å². The summed E-state index contributed by atoms with van der Waals surface area (Å²) in [6.45, 7) is 5.79. The lowest BCUT2D eigenvalue weighted by atomic mass is 9.79. The molecule has 0 radical (unpaired) electrons. The SMILES string of the molecule is CC(C)CC(CN(C)C)NC(=O)C1(CN)CCCCCC1. The van der Waals surface area contributed by atoms with Gasteiger partial charge in [-0.15, -0.1) is 0 Å². The summed E-state index contributed by atoms with van der Waals surface area (Å²) >= 11 is 0.